The Hall–Kier alpha value is -1.07. The number of nitrogens with one attached hydrogen (secondary N) is 1. The van der Waals surface area contributed by atoms with E-state index >= 15 is 0 Å². The number of aliphatic hydroxyl groups is 1. The molecule has 0 radical (unpaired) electrons. The lowest BCUT2D eigenvalue weighted by Crippen LogP contribution is -2.17. The van der Waals surface area contributed by atoms with E-state index < -0.39 is 0 Å². The minimum absolute atomic E-state index is 0.184. The van der Waals surface area contributed by atoms with Crippen molar-refractivity contribution < 1.29 is 5.11 Å². The van der Waals surface area contributed by atoms with Crippen molar-refractivity contribution in [2.24, 2.45) is 0 Å². The van der Waals surface area contributed by atoms with Gasteiger partial charge in [0.15, 0.2) is 5.82 Å². The highest BCUT2D eigenvalue weighted by atomic mass is 35.5. The van der Waals surface area contributed by atoms with Crippen LogP contribution in [-0.2, 0) is 0 Å². The van der Waals surface area contributed by atoms with Crippen LogP contribution >= 0.6 is 11.6 Å². The molecule has 1 aromatic rings. The Morgan fingerprint density at radius 3 is 3.07 bits per heavy atom. The van der Waals surface area contributed by atoms with Crippen LogP contribution in [0.5, 0.6) is 0 Å². The van der Waals surface area contributed by atoms with Crippen LogP contribution in [0.4, 0.5) is 11.8 Å². The third-order valence-electron chi connectivity index (χ3n) is 1.94. The van der Waals surface area contributed by atoms with Crippen molar-refractivity contribution in [2.75, 3.05) is 17.7 Å². The number of nitrogen functional groups attached to an aromatic ring is 1. The first kappa shape index (κ1) is 12.0. The van der Waals surface area contributed by atoms with Crippen LogP contribution in [0.3, 0.4) is 0 Å². The van der Waals surface area contributed by atoms with Crippen LogP contribution in [0.15, 0.2) is 6.20 Å². The molecule has 0 saturated heterocycles. The van der Waals surface area contributed by atoms with E-state index in [4.69, 9.17) is 22.4 Å². The van der Waals surface area contributed by atoms with Crippen molar-refractivity contribution in [1.82, 2.24) is 9.97 Å². The van der Waals surface area contributed by atoms with Crippen molar-refractivity contribution in [3.8, 4) is 0 Å². The molecule has 5 nitrogen and oxygen atoms in total. The molecular weight excluding hydrogens is 216 g/mol. The SMILES string of the molecule is CC(CCCO)Nc1nc(N)ncc1Cl. The molecule has 1 atom stereocenters. The summed E-state index contributed by atoms with van der Waals surface area (Å²) in [7, 11) is 0. The third-order valence-corrected chi connectivity index (χ3v) is 2.22. The van der Waals surface area contributed by atoms with E-state index in [9.17, 15) is 0 Å². The van der Waals surface area contributed by atoms with Crippen LogP contribution in [-0.4, -0.2) is 27.7 Å². The summed E-state index contributed by atoms with van der Waals surface area (Å²) < 4.78 is 0. The summed E-state index contributed by atoms with van der Waals surface area (Å²) in [6, 6.07) is 0.184. The zero-order valence-corrected chi connectivity index (χ0v) is 9.33. The second kappa shape index (κ2) is 5.72. The molecule has 0 aliphatic carbocycles. The average molecular weight is 231 g/mol. The lowest BCUT2D eigenvalue weighted by atomic mass is 10.2. The highest BCUT2D eigenvalue weighted by Crippen LogP contribution is 2.19. The molecule has 0 spiro atoms. The first-order chi connectivity index (χ1) is 7.13. The van der Waals surface area contributed by atoms with Crippen molar-refractivity contribution in [3.05, 3.63) is 11.2 Å². The summed E-state index contributed by atoms with van der Waals surface area (Å²) in [6.07, 6.45) is 3.05. The first-order valence-electron chi connectivity index (χ1n) is 4.79. The Labute approximate surface area is 93.7 Å². The van der Waals surface area contributed by atoms with E-state index in [-0.39, 0.29) is 18.6 Å². The maximum atomic E-state index is 8.68. The fraction of sp³-hybridized carbons (Fsp3) is 0.556. The van der Waals surface area contributed by atoms with Gasteiger partial charge in [0.25, 0.3) is 0 Å². The van der Waals surface area contributed by atoms with Gasteiger partial charge in [-0.3, -0.25) is 0 Å². The average Bonchev–Trinajstić information content (AvgIpc) is 2.20. The number of halogens is 1. The number of hydrogen-bond acceptors (Lipinski definition) is 5. The molecule has 1 aromatic heterocycles. The Morgan fingerprint density at radius 2 is 2.40 bits per heavy atom. The normalized spacial score (nSPS) is 12.5. The van der Waals surface area contributed by atoms with Gasteiger partial charge in [0.2, 0.25) is 5.95 Å². The third kappa shape index (κ3) is 3.89. The molecule has 0 bridgehead atoms. The van der Waals surface area contributed by atoms with Gasteiger partial charge in [-0.2, -0.15) is 4.98 Å². The summed E-state index contributed by atoms with van der Waals surface area (Å²) in [4.78, 5) is 7.75. The minimum Gasteiger partial charge on any atom is -0.396 e. The van der Waals surface area contributed by atoms with E-state index in [0.717, 1.165) is 12.8 Å². The number of nitrogens with zero attached hydrogens (tertiary/aromatic N) is 2. The van der Waals surface area contributed by atoms with E-state index in [2.05, 4.69) is 15.3 Å². The zero-order valence-electron chi connectivity index (χ0n) is 8.57. The fourth-order valence-corrected chi connectivity index (χ4v) is 1.33. The molecule has 84 valence electrons. The van der Waals surface area contributed by atoms with Gasteiger partial charge in [-0.15, -0.1) is 0 Å². The van der Waals surface area contributed by atoms with Gasteiger partial charge in [-0.25, -0.2) is 4.98 Å². The molecule has 4 N–H and O–H groups in total. The van der Waals surface area contributed by atoms with Gasteiger partial charge >= 0.3 is 0 Å². The topological polar surface area (TPSA) is 84.1 Å². The van der Waals surface area contributed by atoms with Crippen molar-refractivity contribution in [3.63, 3.8) is 0 Å². The van der Waals surface area contributed by atoms with E-state index in [1.54, 1.807) is 0 Å². The van der Waals surface area contributed by atoms with Crippen LogP contribution in [0.2, 0.25) is 5.02 Å². The predicted molar refractivity (Wildman–Crippen MR) is 60.9 cm³/mol. The largest absolute Gasteiger partial charge is 0.396 e. The molecule has 0 amide bonds. The van der Waals surface area contributed by atoms with Crippen LogP contribution in [0.1, 0.15) is 19.8 Å². The molecule has 0 aromatic carbocycles. The molecular formula is C9H15ClN4O. The van der Waals surface area contributed by atoms with E-state index in [1.807, 2.05) is 6.92 Å². The molecule has 0 aliphatic heterocycles. The number of aliphatic hydroxyl groups excluding tert-OH is 1. The molecule has 1 unspecified atom stereocenters. The molecule has 0 saturated carbocycles. The van der Waals surface area contributed by atoms with E-state index in [0.29, 0.717) is 10.8 Å². The molecule has 1 rings (SSSR count). The minimum atomic E-state index is 0.184. The summed E-state index contributed by atoms with van der Waals surface area (Å²) in [6.45, 7) is 2.18. The summed E-state index contributed by atoms with van der Waals surface area (Å²) in [5.74, 6) is 0.728. The van der Waals surface area contributed by atoms with Crippen molar-refractivity contribution in [2.45, 2.75) is 25.8 Å². The Bertz CT molecular complexity index is 321. The number of rotatable bonds is 5. The van der Waals surface area contributed by atoms with Gasteiger partial charge in [0.05, 0.1) is 6.20 Å². The van der Waals surface area contributed by atoms with E-state index in [1.165, 1.54) is 6.20 Å². The maximum Gasteiger partial charge on any atom is 0.222 e. The Balaban J connectivity index is 2.59. The van der Waals surface area contributed by atoms with Crippen LogP contribution < -0.4 is 11.1 Å². The number of hydrogen-bond donors (Lipinski definition) is 3. The zero-order chi connectivity index (χ0) is 11.3. The molecule has 0 aliphatic rings. The van der Waals surface area contributed by atoms with Crippen LogP contribution in [0, 0.1) is 0 Å². The number of aromatic nitrogens is 2. The summed E-state index contributed by atoms with van der Waals surface area (Å²) in [5, 5.41) is 12.2. The second-order valence-corrected chi connectivity index (χ2v) is 3.74. The Kier molecular flexibility index (Phi) is 4.58. The first-order valence-corrected chi connectivity index (χ1v) is 5.16. The number of nitrogens with two attached hydrogens (primary N) is 1. The highest BCUT2D eigenvalue weighted by Gasteiger charge is 2.07. The molecule has 6 heteroatoms. The lowest BCUT2D eigenvalue weighted by molar-refractivity contribution is 0.282. The number of anilines is 2. The highest BCUT2D eigenvalue weighted by molar-refractivity contribution is 6.32. The molecule has 1 heterocycles. The maximum absolute atomic E-state index is 8.68. The summed E-state index contributed by atoms with van der Waals surface area (Å²) >= 11 is 5.88. The van der Waals surface area contributed by atoms with Crippen molar-refractivity contribution in [1.29, 1.82) is 0 Å². The molecule has 0 fully saturated rings. The smallest absolute Gasteiger partial charge is 0.222 e. The fourth-order valence-electron chi connectivity index (χ4n) is 1.19. The van der Waals surface area contributed by atoms with Gasteiger partial charge in [-0.1, -0.05) is 11.6 Å². The monoisotopic (exact) mass is 230 g/mol. The van der Waals surface area contributed by atoms with Gasteiger partial charge in [-0.05, 0) is 19.8 Å². The summed E-state index contributed by atoms with van der Waals surface area (Å²) in [5.41, 5.74) is 5.44. The predicted octanol–water partition coefficient (Wildman–Crippen LogP) is 1.29. The van der Waals surface area contributed by atoms with Gasteiger partial charge in [0.1, 0.15) is 5.02 Å². The molecule has 15 heavy (non-hydrogen) atoms. The van der Waals surface area contributed by atoms with Gasteiger partial charge in [0, 0.05) is 12.6 Å². The van der Waals surface area contributed by atoms with Crippen molar-refractivity contribution >= 4 is 23.4 Å². The van der Waals surface area contributed by atoms with Gasteiger partial charge < -0.3 is 16.2 Å². The second-order valence-electron chi connectivity index (χ2n) is 3.34. The Morgan fingerprint density at radius 1 is 1.67 bits per heavy atom. The lowest BCUT2D eigenvalue weighted by Gasteiger charge is -2.14. The van der Waals surface area contributed by atoms with Crippen LogP contribution in [0.25, 0.3) is 0 Å². The quantitative estimate of drug-likeness (QED) is 0.710. The standard InChI is InChI=1S/C9H15ClN4O/c1-6(3-2-4-15)13-8-7(10)5-12-9(11)14-8/h5-6,15H,2-4H2,1H3,(H3,11,12,13,14).